The van der Waals surface area contributed by atoms with Crippen LogP contribution in [0.1, 0.15) is 38.2 Å². The summed E-state index contributed by atoms with van der Waals surface area (Å²) >= 11 is 7.10. The van der Waals surface area contributed by atoms with Crippen molar-refractivity contribution in [2.75, 3.05) is 5.33 Å². The van der Waals surface area contributed by atoms with Gasteiger partial charge >= 0.3 is 0 Å². The minimum Gasteiger partial charge on any atom is -0.369 e. The van der Waals surface area contributed by atoms with Crippen LogP contribution in [0.15, 0.2) is 28.7 Å². The second-order valence-corrected chi connectivity index (χ2v) is 6.89. The summed E-state index contributed by atoms with van der Waals surface area (Å²) in [6.07, 6.45) is 4.92. The molecule has 1 aliphatic rings. The number of hydrogen-bond donors (Lipinski definition) is 0. The van der Waals surface area contributed by atoms with Gasteiger partial charge in [-0.25, -0.2) is 0 Å². The Hall–Kier alpha value is 0.140. The average Bonchev–Trinajstić information content (AvgIpc) is 2.41. The molecule has 0 saturated heterocycles. The van der Waals surface area contributed by atoms with Gasteiger partial charge in [-0.1, -0.05) is 50.9 Å². The smallest absolute Gasteiger partial charge is 0.0783 e. The Balaban J connectivity index is 1.92. The van der Waals surface area contributed by atoms with Crippen molar-refractivity contribution < 1.29 is 4.74 Å². The van der Waals surface area contributed by atoms with Crippen LogP contribution < -0.4 is 0 Å². The molecule has 1 aromatic carbocycles. The third kappa shape index (κ3) is 3.82. The molecule has 0 amide bonds. The summed E-state index contributed by atoms with van der Waals surface area (Å²) in [6.45, 7) is 3.06. The van der Waals surface area contributed by atoms with Crippen LogP contribution in [0.5, 0.6) is 0 Å². The molecule has 100 valence electrons. The fourth-order valence-electron chi connectivity index (χ4n) is 2.42. The Kier molecular flexibility index (Phi) is 5.28. The zero-order valence-electron chi connectivity index (χ0n) is 10.8. The van der Waals surface area contributed by atoms with Gasteiger partial charge < -0.3 is 4.74 Å². The monoisotopic (exact) mass is 374 g/mol. The lowest BCUT2D eigenvalue weighted by Crippen LogP contribution is -2.38. The maximum Gasteiger partial charge on any atom is 0.0783 e. The lowest BCUT2D eigenvalue weighted by atomic mass is 9.80. The standard InChI is InChI=1S/C15H20Br2O/c1-12-6-8-15(11-16,9-7-12)18-10-13-2-4-14(17)5-3-13/h2-5,12H,6-11H2,1H3. The van der Waals surface area contributed by atoms with E-state index in [0.29, 0.717) is 6.61 Å². The van der Waals surface area contributed by atoms with E-state index >= 15 is 0 Å². The molecule has 1 aromatic rings. The van der Waals surface area contributed by atoms with Crippen molar-refractivity contribution in [3.8, 4) is 0 Å². The van der Waals surface area contributed by atoms with Crippen molar-refractivity contribution >= 4 is 31.9 Å². The van der Waals surface area contributed by atoms with E-state index in [2.05, 4.69) is 63.0 Å². The third-order valence-electron chi connectivity index (χ3n) is 3.89. The van der Waals surface area contributed by atoms with Gasteiger partial charge in [0.05, 0.1) is 12.2 Å². The first kappa shape index (κ1) is 14.5. The van der Waals surface area contributed by atoms with E-state index in [1.54, 1.807) is 0 Å². The molecular formula is C15H20Br2O. The number of halogens is 2. The Morgan fingerprint density at radius 1 is 1.22 bits per heavy atom. The van der Waals surface area contributed by atoms with Gasteiger partial charge in [0.15, 0.2) is 0 Å². The van der Waals surface area contributed by atoms with Crippen LogP contribution in [-0.2, 0) is 11.3 Å². The molecule has 0 unspecified atom stereocenters. The quantitative estimate of drug-likeness (QED) is 0.648. The van der Waals surface area contributed by atoms with Crippen LogP contribution in [0.4, 0.5) is 0 Å². The largest absolute Gasteiger partial charge is 0.369 e. The number of alkyl halides is 1. The second-order valence-electron chi connectivity index (χ2n) is 5.41. The van der Waals surface area contributed by atoms with Crippen molar-refractivity contribution in [2.45, 2.75) is 44.8 Å². The maximum atomic E-state index is 6.23. The zero-order chi connectivity index (χ0) is 13.0. The minimum atomic E-state index is 0.0551. The molecule has 18 heavy (non-hydrogen) atoms. The third-order valence-corrected chi connectivity index (χ3v) is 5.44. The highest BCUT2D eigenvalue weighted by Crippen LogP contribution is 2.36. The summed E-state index contributed by atoms with van der Waals surface area (Å²) in [5.41, 5.74) is 1.30. The minimum absolute atomic E-state index is 0.0551. The normalized spacial score (nSPS) is 28.3. The summed E-state index contributed by atoms with van der Waals surface area (Å²) in [5, 5.41) is 0.948. The van der Waals surface area contributed by atoms with Gasteiger partial charge in [-0.05, 0) is 49.3 Å². The zero-order valence-corrected chi connectivity index (χ0v) is 14.0. The van der Waals surface area contributed by atoms with Gasteiger partial charge in [0.1, 0.15) is 0 Å². The van der Waals surface area contributed by atoms with Crippen LogP contribution in [0.3, 0.4) is 0 Å². The highest BCUT2D eigenvalue weighted by molar-refractivity contribution is 9.10. The van der Waals surface area contributed by atoms with Crippen LogP contribution in [-0.4, -0.2) is 10.9 Å². The number of ether oxygens (including phenoxy) is 1. The first-order chi connectivity index (χ1) is 8.63. The summed E-state index contributed by atoms with van der Waals surface area (Å²) in [5.74, 6) is 0.855. The second kappa shape index (κ2) is 6.53. The van der Waals surface area contributed by atoms with Gasteiger partial charge in [-0.15, -0.1) is 0 Å². The van der Waals surface area contributed by atoms with Crippen molar-refractivity contribution in [3.05, 3.63) is 34.3 Å². The van der Waals surface area contributed by atoms with Crippen LogP contribution in [0, 0.1) is 5.92 Å². The molecule has 0 radical (unpaired) electrons. The van der Waals surface area contributed by atoms with E-state index in [-0.39, 0.29) is 5.60 Å². The molecular weight excluding hydrogens is 356 g/mol. The Bertz CT molecular complexity index is 367. The highest BCUT2D eigenvalue weighted by atomic mass is 79.9. The molecule has 1 saturated carbocycles. The first-order valence-electron chi connectivity index (χ1n) is 6.58. The van der Waals surface area contributed by atoms with E-state index in [9.17, 15) is 0 Å². The summed E-state index contributed by atoms with van der Waals surface area (Å²) < 4.78 is 7.35. The summed E-state index contributed by atoms with van der Waals surface area (Å²) in [7, 11) is 0. The van der Waals surface area contributed by atoms with Crippen molar-refractivity contribution in [3.63, 3.8) is 0 Å². The number of rotatable bonds is 4. The topological polar surface area (TPSA) is 9.23 Å². The molecule has 0 bridgehead atoms. The molecule has 2 rings (SSSR count). The molecule has 0 atom stereocenters. The summed E-state index contributed by atoms with van der Waals surface area (Å²) in [4.78, 5) is 0. The Morgan fingerprint density at radius 3 is 2.39 bits per heavy atom. The lowest BCUT2D eigenvalue weighted by Gasteiger charge is -2.38. The lowest BCUT2D eigenvalue weighted by molar-refractivity contribution is -0.0688. The van der Waals surface area contributed by atoms with E-state index in [0.717, 1.165) is 15.7 Å². The maximum absolute atomic E-state index is 6.23. The molecule has 0 spiro atoms. The van der Waals surface area contributed by atoms with E-state index in [1.807, 2.05) is 0 Å². The SMILES string of the molecule is CC1CCC(CBr)(OCc2ccc(Br)cc2)CC1. The van der Waals surface area contributed by atoms with Gasteiger partial charge in [0.25, 0.3) is 0 Å². The molecule has 1 fully saturated rings. The molecule has 0 aromatic heterocycles. The van der Waals surface area contributed by atoms with Gasteiger partial charge in [-0.3, -0.25) is 0 Å². The summed E-state index contributed by atoms with van der Waals surface area (Å²) in [6, 6.07) is 8.39. The molecule has 1 nitrogen and oxygen atoms in total. The van der Waals surface area contributed by atoms with E-state index in [1.165, 1.54) is 31.2 Å². The molecule has 3 heteroatoms. The van der Waals surface area contributed by atoms with Crippen molar-refractivity contribution in [1.82, 2.24) is 0 Å². The van der Waals surface area contributed by atoms with E-state index < -0.39 is 0 Å². The highest BCUT2D eigenvalue weighted by Gasteiger charge is 2.34. The predicted octanol–water partition coefficient (Wildman–Crippen LogP) is 5.31. The molecule has 1 aliphatic carbocycles. The van der Waals surface area contributed by atoms with Gasteiger partial charge in [0, 0.05) is 9.80 Å². The van der Waals surface area contributed by atoms with Gasteiger partial charge in [0.2, 0.25) is 0 Å². The van der Waals surface area contributed by atoms with Gasteiger partial charge in [-0.2, -0.15) is 0 Å². The Morgan fingerprint density at radius 2 is 1.83 bits per heavy atom. The predicted molar refractivity (Wildman–Crippen MR) is 83.1 cm³/mol. The number of hydrogen-bond acceptors (Lipinski definition) is 1. The van der Waals surface area contributed by atoms with E-state index in [4.69, 9.17) is 4.74 Å². The Labute approximate surface area is 127 Å². The molecule has 0 aliphatic heterocycles. The van der Waals surface area contributed by atoms with Crippen molar-refractivity contribution in [2.24, 2.45) is 5.92 Å². The van der Waals surface area contributed by atoms with Crippen molar-refractivity contribution in [1.29, 1.82) is 0 Å². The van der Waals surface area contributed by atoms with Crippen LogP contribution in [0.25, 0.3) is 0 Å². The average molecular weight is 376 g/mol. The van der Waals surface area contributed by atoms with Crippen LogP contribution in [0.2, 0.25) is 0 Å². The molecule has 0 N–H and O–H groups in total. The molecule has 0 heterocycles. The van der Waals surface area contributed by atoms with Crippen LogP contribution >= 0.6 is 31.9 Å². The fourth-order valence-corrected chi connectivity index (χ4v) is 3.41. The number of benzene rings is 1. The first-order valence-corrected chi connectivity index (χ1v) is 8.49. The fraction of sp³-hybridized carbons (Fsp3) is 0.600.